The van der Waals surface area contributed by atoms with Crippen LogP contribution in [0.3, 0.4) is 0 Å². The number of rotatable bonds is 1. The molecule has 0 spiro atoms. The number of hydrogen-bond donors (Lipinski definition) is 2. The molecule has 0 aromatic heterocycles. The van der Waals surface area contributed by atoms with Crippen molar-refractivity contribution in [2.75, 3.05) is 0 Å². The van der Waals surface area contributed by atoms with Crippen molar-refractivity contribution in [2.45, 2.75) is 57.7 Å². The number of aliphatic hydroxyl groups excluding tert-OH is 1. The van der Waals surface area contributed by atoms with Gasteiger partial charge in [-0.05, 0) is 56.1 Å². The summed E-state index contributed by atoms with van der Waals surface area (Å²) in [5.41, 5.74) is -1.04. The van der Waals surface area contributed by atoms with Crippen LogP contribution in [0.1, 0.15) is 46.0 Å². The zero-order chi connectivity index (χ0) is 17.3. The first-order chi connectivity index (χ1) is 11.2. The molecule has 0 aromatic carbocycles. The van der Waals surface area contributed by atoms with E-state index in [1.54, 1.807) is 12.2 Å². The van der Waals surface area contributed by atoms with Crippen LogP contribution in [0.4, 0.5) is 0 Å². The van der Waals surface area contributed by atoms with Gasteiger partial charge in [0.25, 0.3) is 0 Å². The number of aliphatic hydroxyl groups is 2. The number of aldehydes is 1. The minimum absolute atomic E-state index is 0.0345. The number of hydrogen-bond acceptors (Lipinski definition) is 4. The number of fused-ring (bicyclic) bond motifs is 5. The highest BCUT2D eigenvalue weighted by molar-refractivity contribution is 6.01. The highest BCUT2D eigenvalue weighted by Crippen LogP contribution is 2.66. The Bertz CT molecular complexity index is 665. The summed E-state index contributed by atoms with van der Waals surface area (Å²) >= 11 is 0. The van der Waals surface area contributed by atoms with Gasteiger partial charge in [0.2, 0.25) is 0 Å². The maximum absolute atomic E-state index is 11.8. The Balaban J connectivity index is 1.77. The Morgan fingerprint density at radius 3 is 2.75 bits per heavy atom. The first-order valence-electron chi connectivity index (χ1n) is 9.06. The van der Waals surface area contributed by atoms with Gasteiger partial charge >= 0.3 is 0 Å². The molecule has 0 aliphatic heterocycles. The van der Waals surface area contributed by atoms with E-state index < -0.39 is 17.1 Å². The van der Waals surface area contributed by atoms with E-state index in [-0.39, 0.29) is 29.0 Å². The van der Waals surface area contributed by atoms with Crippen LogP contribution < -0.4 is 0 Å². The Morgan fingerprint density at radius 1 is 1.29 bits per heavy atom. The van der Waals surface area contributed by atoms with Crippen molar-refractivity contribution in [3.8, 4) is 0 Å². The minimum Gasteiger partial charge on any atom is -0.393 e. The van der Waals surface area contributed by atoms with Crippen LogP contribution in [0.5, 0.6) is 0 Å². The van der Waals surface area contributed by atoms with Gasteiger partial charge in [0.15, 0.2) is 12.1 Å². The molecule has 4 aliphatic carbocycles. The quantitative estimate of drug-likeness (QED) is 0.723. The fraction of sp³-hybridized carbons (Fsp3) is 0.700. The van der Waals surface area contributed by atoms with Crippen molar-refractivity contribution in [2.24, 2.45) is 28.6 Å². The summed E-state index contributed by atoms with van der Waals surface area (Å²) in [7, 11) is 0. The van der Waals surface area contributed by atoms with Crippen LogP contribution >= 0.6 is 0 Å². The molecule has 0 radical (unpaired) electrons. The lowest BCUT2D eigenvalue weighted by Gasteiger charge is -2.59. The van der Waals surface area contributed by atoms with Gasteiger partial charge in [0.1, 0.15) is 5.60 Å². The summed E-state index contributed by atoms with van der Waals surface area (Å²) in [6.45, 7) is 4.11. The minimum atomic E-state index is -1.32. The first-order valence-corrected chi connectivity index (χ1v) is 9.06. The summed E-state index contributed by atoms with van der Waals surface area (Å²) in [6, 6.07) is 0. The molecule has 2 N–H and O–H groups in total. The summed E-state index contributed by atoms with van der Waals surface area (Å²) in [4.78, 5) is 23.4. The molecule has 7 atom stereocenters. The van der Waals surface area contributed by atoms with Crippen LogP contribution in [0.15, 0.2) is 23.8 Å². The van der Waals surface area contributed by atoms with Gasteiger partial charge < -0.3 is 15.0 Å². The average molecular weight is 330 g/mol. The van der Waals surface area contributed by atoms with Gasteiger partial charge in [-0.25, -0.2) is 0 Å². The molecule has 130 valence electrons. The predicted octanol–water partition coefficient (Wildman–Crippen LogP) is 2.20. The van der Waals surface area contributed by atoms with Crippen LogP contribution in [0, 0.1) is 28.6 Å². The molecule has 0 saturated heterocycles. The van der Waals surface area contributed by atoms with Gasteiger partial charge in [-0.15, -0.1) is 0 Å². The van der Waals surface area contributed by atoms with Gasteiger partial charge in [-0.1, -0.05) is 25.5 Å². The third-order valence-electron chi connectivity index (χ3n) is 7.91. The molecule has 4 nitrogen and oxygen atoms in total. The fourth-order valence-electron chi connectivity index (χ4n) is 6.56. The van der Waals surface area contributed by atoms with Crippen molar-refractivity contribution in [1.29, 1.82) is 0 Å². The van der Waals surface area contributed by atoms with Crippen LogP contribution in [-0.2, 0) is 9.59 Å². The molecule has 0 bridgehead atoms. The van der Waals surface area contributed by atoms with Gasteiger partial charge in [-0.2, -0.15) is 0 Å². The molecular formula is C20H26O4. The molecule has 0 aromatic rings. The average Bonchev–Trinajstić information content (AvgIpc) is 2.79. The van der Waals surface area contributed by atoms with E-state index in [4.69, 9.17) is 0 Å². The van der Waals surface area contributed by atoms with Crippen molar-refractivity contribution >= 4 is 12.1 Å². The number of carbonyl (C=O) groups is 2. The largest absolute Gasteiger partial charge is 0.393 e. The lowest BCUT2D eigenvalue weighted by Crippen LogP contribution is -2.59. The second kappa shape index (κ2) is 4.89. The van der Waals surface area contributed by atoms with Gasteiger partial charge in [0.05, 0.1) is 6.10 Å². The van der Waals surface area contributed by atoms with E-state index in [1.165, 1.54) is 0 Å². The molecule has 4 rings (SSSR count). The van der Waals surface area contributed by atoms with Crippen molar-refractivity contribution in [3.05, 3.63) is 23.8 Å². The van der Waals surface area contributed by atoms with Crippen LogP contribution in [0.25, 0.3) is 0 Å². The fourth-order valence-corrected chi connectivity index (χ4v) is 6.56. The molecule has 3 fully saturated rings. The third-order valence-corrected chi connectivity index (χ3v) is 7.91. The van der Waals surface area contributed by atoms with Crippen molar-refractivity contribution in [3.63, 3.8) is 0 Å². The second-order valence-electron chi connectivity index (χ2n) is 8.79. The standard InChI is InChI=1S/C20H26O4/c1-18-7-5-13(22)9-12(18)3-4-14-15-6-8-20(24,11-21)19(15,2)10-16(23)17(14)18/h5,7,9,11,14-17,23-24H,3-4,6,8,10H2,1-2H3/t14-,15-,16-,17+,18-,19-,20-/m0/s1. The molecule has 0 heterocycles. The maximum atomic E-state index is 11.8. The number of allylic oxidation sites excluding steroid dienone is 4. The number of carbonyl (C=O) groups excluding carboxylic acids is 2. The van der Waals surface area contributed by atoms with Crippen molar-refractivity contribution in [1.82, 2.24) is 0 Å². The van der Waals surface area contributed by atoms with Gasteiger partial charge in [0, 0.05) is 16.7 Å². The summed E-state index contributed by atoms with van der Waals surface area (Å²) in [6.07, 6.45) is 9.01. The molecule has 0 unspecified atom stereocenters. The van der Waals surface area contributed by atoms with E-state index in [9.17, 15) is 19.8 Å². The topological polar surface area (TPSA) is 74.6 Å². The zero-order valence-electron chi connectivity index (χ0n) is 14.4. The Labute approximate surface area is 142 Å². The molecule has 4 aliphatic rings. The Kier molecular flexibility index (Phi) is 3.30. The zero-order valence-corrected chi connectivity index (χ0v) is 14.4. The molecule has 3 saturated carbocycles. The summed E-state index contributed by atoms with van der Waals surface area (Å²) < 4.78 is 0. The third kappa shape index (κ3) is 1.81. The predicted molar refractivity (Wildman–Crippen MR) is 89.0 cm³/mol. The molecule has 0 amide bonds. The highest BCUT2D eigenvalue weighted by Gasteiger charge is 2.66. The molecule has 4 heteroatoms. The van der Waals surface area contributed by atoms with E-state index in [2.05, 4.69) is 6.92 Å². The first kappa shape index (κ1) is 16.2. The molecular weight excluding hydrogens is 304 g/mol. The monoisotopic (exact) mass is 330 g/mol. The Hall–Kier alpha value is -1.26. The second-order valence-corrected chi connectivity index (χ2v) is 8.79. The summed E-state index contributed by atoms with van der Waals surface area (Å²) in [5.74, 6) is 0.597. The van der Waals surface area contributed by atoms with E-state index in [1.807, 2.05) is 13.0 Å². The van der Waals surface area contributed by atoms with E-state index in [0.29, 0.717) is 19.1 Å². The SMILES string of the molecule is C[C@]12C=CC(=O)C=C1CC[C@@H]1[C@@H]2[C@@H](O)C[C@@]2(C)[C@H]1CC[C@]2(O)C=O. The normalized spacial score (nSPS) is 53.0. The Morgan fingerprint density at radius 2 is 2.04 bits per heavy atom. The van der Waals surface area contributed by atoms with Crippen LogP contribution in [0.2, 0.25) is 0 Å². The number of ketones is 1. The smallest absolute Gasteiger partial charge is 0.178 e. The lowest BCUT2D eigenvalue weighted by molar-refractivity contribution is -0.167. The molecule has 24 heavy (non-hydrogen) atoms. The van der Waals surface area contributed by atoms with Crippen molar-refractivity contribution < 1.29 is 19.8 Å². The summed E-state index contributed by atoms with van der Waals surface area (Å²) in [5, 5.41) is 21.9. The van der Waals surface area contributed by atoms with E-state index >= 15 is 0 Å². The lowest BCUT2D eigenvalue weighted by atomic mass is 9.46. The highest BCUT2D eigenvalue weighted by atomic mass is 16.3. The van der Waals surface area contributed by atoms with E-state index in [0.717, 1.165) is 24.8 Å². The van der Waals surface area contributed by atoms with Crippen LogP contribution in [-0.4, -0.2) is 34.0 Å². The maximum Gasteiger partial charge on any atom is 0.178 e. The van der Waals surface area contributed by atoms with Gasteiger partial charge in [-0.3, -0.25) is 4.79 Å².